The van der Waals surface area contributed by atoms with Crippen LogP contribution < -0.4 is 10.6 Å². The molecule has 1 unspecified atom stereocenters. The molecule has 3 nitrogen and oxygen atoms in total. The molecule has 1 aromatic rings. The summed E-state index contributed by atoms with van der Waals surface area (Å²) in [5, 5.41) is 7.38. The summed E-state index contributed by atoms with van der Waals surface area (Å²) < 4.78 is 0. The summed E-state index contributed by atoms with van der Waals surface area (Å²) in [6, 6.07) is 6.36. The highest BCUT2D eigenvalue weighted by atomic mass is 32.1. The molecule has 2 rings (SSSR count). The van der Waals surface area contributed by atoms with Gasteiger partial charge >= 0.3 is 0 Å². The van der Waals surface area contributed by atoms with Crippen molar-refractivity contribution < 1.29 is 0 Å². The van der Waals surface area contributed by atoms with Gasteiger partial charge in [0.05, 0.1) is 0 Å². The van der Waals surface area contributed by atoms with E-state index in [-0.39, 0.29) is 0 Å². The fraction of sp³-hybridized carbons (Fsp3) is 0.562. The third-order valence-electron chi connectivity index (χ3n) is 3.90. The fourth-order valence-corrected chi connectivity index (χ4v) is 2.99. The van der Waals surface area contributed by atoms with Crippen molar-refractivity contribution in [2.24, 2.45) is 5.92 Å². The van der Waals surface area contributed by atoms with Crippen LogP contribution in [0.25, 0.3) is 0 Å². The summed E-state index contributed by atoms with van der Waals surface area (Å²) >= 11 is 5.39. The van der Waals surface area contributed by atoms with Crippen molar-refractivity contribution in [1.29, 1.82) is 0 Å². The molecule has 0 spiro atoms. The maximum Gasteiger partial charge on any atom is 0.170 e. The van der Waals surface area contributed by atoms with Crippen LogP contribution in [0, 0.1) is 19.8 Å². The van der Waals surface area contributed by atoms with Crippen molar-refractivity contribution in [1.82, 2.24) is 10.2 Å². The maximum absolute atomic E-state index is 5.39. The number of thiocarbonyl (C=S) groups is 1. The molecule has 1 heterocycles. The van der Waals surface area contributed by atoms with Crippen LogP contribution >= 0.6 is 12.2 Å². The van der Waals surface area contributed by atoms with Gasteiger partial charge in [-0.1, -0.05) is 17.7 Å². The zero-order chi connectivity index (χ0) is 14.5. The highest BCUT2D eigenvalue weighted by Crippen LogP contribution is 2.16. The number of anilines is 1. The van der Waals surface area contributed by atoms with Gasteiger partial charge in [-0.25, -0.2) is 0 Å². The molecule has 4 heteroatoms. The van der Waals surface area contributed by atoms with Crippen molar-refractivity contribution >= 4 is 23.0 Å². The third-order valence-corrected chi connectivity index (χ3v) is 4.15. The van der Waals surface area contributed by atoms with Crippen LogP contribution in [-0.4, -0.2) is 36.7 Å². The summed E-state index contributed by atoms with van der Waals surface area (Å²) in [4.78, 5) is 2.40. The number of likely N-dealkylation sites (tertiary alicyclic amines) is 1. The van der Waals surface area contributed by atoms with E-state index in [4.69, 9.17) is 12.2 Å². The quantitative estimate of drug-likeness (QED) is 0.837. The lowest BCUT2D eigenvalue weighted by Gasteiger charge is -2.30. The number of hydrogen-bond donors (Lipinski definition) is 2. The monoisotopic (exact) mass is 291 g/mol. The largest absolute Gasteiger partial charge is 0.362 e. The van der Waals surface area contributed by atoms with Gasteiger partial charge in [0.25, 0.3) is 0 Å². The number of hydrogen-bond acceptors (Lipinski definition) is 2. The Morgan fingerprint density at radius 3 is 2.90 bits per heavy atom. The Balaban J connectivity index is 1.80. The Morgan fingerprint density at radius 2 is 2.20 bits per heavy atom. The van der Waals surface area contributed by atoms with Crippen LogP contribution in [0.5, 0.6) is 0 Å². The van der Waals surface area contributed by atoms with Crippen molar-refractivity contribution in [2.75, 3.05) is 32.0 Å². The van der Waals surface area contributed by atoms with Gasteiger partial charge in [0.15, 0.2) is 5.11 Å². The molecular weight excluding hydrogens is 266 g/mol. The number of nitrogens with one attached hydrogen (secondary N) is 2. The van der Waals surface area contributed by atoms with E-state index in [1.165, 1.54) is 37.1 Å². The lowest BCUT2D eigenvalue weighted by atomic mass is 9.99. The first kappa shape index (κ1) is 15.3. The third kappa shape index (κ3) is 4.46. The van der Waals surface area contributed by atoms with E-state index in [1.807, 2.05) is 0 Å². The molecule has 1 saturated heterocycles. The lowest BCUT2D eigenvalue weighted by molar-refractivity contribution is 0.211. The van der Waals surface area contributed by atoms with Crippen molar-refractivity contribution in [2.45, 2.75) is 26.7 Å². The first-order chi connectivity index (χ1) is 9.54. The van der Waals surface area contributed by atoms with E-state index in [1.54, 1.807) is 0 Å². The number of nitrogens with zero attached hydrogens (tertiary/aromatic N) is 1. The Morgan fingerprint density at radius 1 is 1.40 bits per heavy atom. The Labute approximate surface area is 127 Å². The van der Waals surface area contributed by atoms with Gasteiger partial charge in [0.2, 0.25) is 0 Å². The number of aryl methyl sites for hydroxylation is 2. The SMILES string of the molecule is Cc1ccc(NC(=S)NCC2CCCN(C)C2)c(C)c1. The molecule has 0 aromatic heterocycles. The summed E-state index contributed by atoms with van der Waals surface area (Å²) in [5.41, 5.74) is 3.59. The molecule has 0 radical (unpaired) electrons. The van der Waals surface area contributed by atoms with Gasteiger partial charge in [-0.05, 0) is 70.0 Å². The molecule has 0 aliphatic carbocycles. The number of piperidine rings is 1. The zero-order valence-corrected chi connectivity index (χ0v) is 13.5. The minimum Gasteiger partial charge on any atom is -0.362 e. The molecule has 1 aromatic carbocycles. The van der Waals surface area contributed by atoms with Crippen LogP contribution in [0.3, 0.4) is 0 Å². The number of benzene rings is 1. The van der Waals surface area contributed by atoms with E-state index in [0.717, 1.165) is 17.3 Å². The summed E-state index contributed by atoms with van der Waals surface area (Å²) in [6.07, 6.45) is 2.59. The van der Waals surface area contributed by atoms with E-state index in [0.29, 0.717) is 5.92 Å². The van der Waals surface area contributed by atoms with Gasteiger partial charge in [-0.3, -0.25) is 0 Å². The standard InChI is InChI=1S/C16H25N3S/c1-12-6-7-15(13(2)9-12)18-16(20)17-10-14-5-4-8-19(3)11-14/h6-7,9,14H,4-5,8,10-11H2,1-3H3,(H2,17,18,20). The molecule has 1 aliphatic heterocycles. The second-order valence-electron chi connectivity index (χ2n) is 5.92. The van der Waals surface area contributed by atoms with Gasteiger partial charge in [-0.2, -0.15) is 0 Å². The van der Waals surface area contributed by atoms with Crippen LogP contribution in [0.15, 0.2) is 18.2 Å². The molecular formula is C16H25N3S. The minimum atomic E-state index is 0.701. The molecule has 1 atom stereocenters. The van der Waals surface area contributed by atoms with Crippen LogP contribution in [0.2, 0.25) is 0 Å². The summed E-state index contributed by atoms with van der Waals surface area (Å²) in [6.45, 7) is 7.56. The Kier molecular flexibility index (Phi) is 5.38. The molecule has 110 valence electrons. The maximum atomic E-state index is 5.39. The van der Waals surface area contributed by atoms with Crippen LogP contribution in [0.1, 0.15) is 24.0 Å². The zero-order valence-electron chi connectivity index (χ0n) is 12.7. The van der Waals surface area contributed by atoms with Crippen molar-refractivity contribution in [3.63, 3.8) is 0 Å². The predicted octanol–water partition coefficient (Wildman–Crippen LogP) is 2.93. The summed E-state index contributed by atoms with van der Waals surface area (Å²) in [5.74, 6) is 0.701. The second kappa shape index (κ2) is 7.04. The van der Waals surface area contributed by atoms with Gasteiger partial charge in [0, 0.05) is 18.8 Å². The van der Waals surface area contributed by atoms with Crippen LogP contribution in [0.4, 0.5) is 5.69 Å². The molecule has 0 amide bonds. The lowest BCUT2D eigenvalue weighted by Crippen LogP contribution is -2.40. The average Bonchev–Trinajstić information content (AvgIpc) is 2.40. The first-order valence-electron chi connectivity index (χ1n) is 7.35. The average molecular weight is 291 g/mol. The smallest absolute Gasteiger partial charge is 0.170 e. The summed E-state index contributed by atoms with van der Waals surface area (Å²) in [7, 11) is 2.19. The van der Waals surface area contributed by atoms with Gasteiger partial charge in [0.1, 0.15) is 0 Å². The normalized spacial score (nSPS) is 19.6. The molecule has 0 bridgehead atoms. The highest BCUT2D eigenvalue weighted by molar-refractivity contribution is 7.80. The predicted molar refractivity (Wildman–Crippen MR) is 90.4 cm³/mol. The van der Waals surface area contributed by atoms with E-state index >= 15 is 0 Å². The Hall–Kier alpha value is -1.13. The van der Waals surface area contributed by atoms with Crippen molar-refractivity contribution in [3.05, 3.63) is 29.3 Å². The molecule has 0 saturated carbocycles. The fourth-order valence-electron chi connectivity index (χ4n) is 2.80. The van der Waals surface area contributed by atoms with Crippen LogP contribution in [-0.2, 0) is 0 Å². The Bertz CT molecular complexity index is 473. The molecule has 1 fully saturated rings. The first-order valence-corrected chi connectivity index (χ1v) is 7.76. The van der Waals surface area contributed by atoms with Crippen molar-refractivity contribution in [3.8, 4) is 0 Å². The van der Waals surface area contributed by atoms with Gasteiger partial charge < -0.3 is 15.5 Å². The topological polar surface area (TPSA) is 27.3 Å². The highest BCUT2D eigenvalue weighted by Gasteiger charge is 2.17. The number of rotatable bonds is 3. The van der Waals surface area contributed by atoms with E-state index in [9.17, 15) is 0 Å². The molecule has 20 heavy (non-hydrogen) atoms. The molecule has 1 aliphatic rings. The molecule has 2 N–H and O–H groups in total. The van der Waals surface area contributed by atoms with E-state index < -0.39 is 0 Å². The van der Waals surface area contributed by atoms with E-state index in [2.05, 4.69) is 54.6 Å². The van der Waals surface area contributed by atoms with Gasteiger partial charge in [-0.15, -0.1) is 0 Å². The second-order valence-corrected chi connectivity index (χ2v) is 6.33. The minimum absolute atomic E-state index is 0.701.